The van der Waals surface area contributed by atoms with E-state index in [9.17, 15) is 10.2 Å². The van der Waals surface area contributed by atoms with Crippen LogP contribution in [0.1, 0.15) is 98.8 Å². The monoisotopic (exact) mass is 402 g/mol. The van der Waals surface area contributed by atoms with E-state index in [2.05, 4.69) is 32.9 Å². The molecule has 0 radical (unpaired) electrons. The Bertz CT molecular complexity index is 619. The molecular weight excluding hydrogens is 356 g/mol. The minimum atomic E-state index is -0.519. The fourth-order valence-corrected chi connectivity index (χ4v) is 8.82. The van der Waals surface area contributed by atoms with E-state index in [-0.39, 0.29) is 6.10 Å². The van der Waals surface area contributed by atoms with E-state index in [1.165, 1.54) is 44.9 Å². The van der Waals surface area contributed by atoms with Crippen molar-refractivity contribution in [2.24, 2.45) is 46.3 Å². The van der Waals surface area contributed by atoms with Gasteiger partial charge in [0.25, 0.3) is 0 Å². The highest BCUT2D eigenvalue weighted by Crippen LogP contribution is 2.67. The van der Waals surface area contributed by atoms with E-state index in [0.717, 1.165) is 48.9 Å². The molecule has 0 aromatic rings. The summed E-state index contributed by atoms with van der Waals surface area (Å²) >= 11 is 0. The predicted octanol–water partition coefficient (Wildman–Crippen LogP) is 6.36. The summed E-state index contributed by atoms with van der Waals surface area (Å²) in [6.07, 6.45) is 17.0. The Morgan fingerprint density at radius 3 is 2.55 bits per heavy atom. The Morgan fingerprint density at radius 2 is 1.83 bits per heavy atom. The quantitative estimate of drug-likeness (QED) is 0.525. The first-order valence-electron chi connectivity index (χ1n) is 12.6. The van der Waals surface area contributed by atoms with Crippen molar-refractivity contribution in [1.29, 1.82) is 0 Å². The van der Waals surface area contributed by atoms with Gasteiger partial charge in [-0.2, -0.15) is 0 Å². The molecule has 9 atom stereocenters. The van der Waals surface area contributed by atoms with Gasteiger partial charge in [-0.3, -0.25) is 0 Å². The van der Waals surface area contributed by atoms with Gasteiger partial charge in [-0.25, -0.2) is 0 Å². The van der Waals surface area contributed by atoms with Gasteiger partial charge < -0.3 is 10.2 Å². The van der Waals surface area contributed by atoms with Crippen molar-refractivity contribution < 1.29 is 10.2 Å². The average molecular weight is 403 g/mol. The summed E-state index contributed by atoms with van der Waals surface area (Å²) in [4.78, 5) is 0. The first kappa shape index (κ1) is 21.9. The summed E-state index contributed by atoms with van der Waals surface area (Å²) in [7, 11) is 0. The van der Waals surface area contributed by atoms with E-state index in [4.69, 9.17) is 0 Å². The topological polar surface area (TPSA) is 40.5 Å². The molecule has 0 saturated heterocycles. The highest BCUT2D eigenvalue weighted by atomic mass is 16.3. The molecular formula is C27H46O2. The van der Waals surface area contributed by atoms with Crippen molar-refractivity contribution in [3.05, 3.63) is 12.2 Å². The number of rotatable bonds is 5. The van der Waals surface area contributed by atoms with Gasteiger partial charge in [0.1, 0.15) is 0 Å². The lowest BCUT2D eigenvalue weighted by Gasteiger charge is -2.59. The van der Waals surface area contributed by atoms with Gasteiger partial charge >= 0.3 is 0 Å². The molecule has 0 spiro atoms. The molecule has 4 aliphatic rings. The van der Waals surface area contributed by atoms with E-state index in [1.54, 1.807) is 0 Å². The van der Waals surface area contributed by atoms with Crippen molar-refractivity contribution in [3.63, 3.8) is 0 Å². The second kappa shape index (κ2) is 7.66. The van der Waals surface area contributed by atoms with Crippen LogP contribution in [0, 0.1) is 46.3 Å². The van der Waals surface area contributed by atoms with Gasteiger partial charge in [-0.15, -0.1) is 0 Å². The molecule has 0 bridgehead atoms. The predicted molar refractivity (Wildman–Crippen MR) is 120 cm³/mol. The number of allylic oxidation sites excluding steroid dienone is 1. The lowest BCUT2D eigenvalue weighted by atomic mass is 9.45. The van der Waals surface area contributed by atoms with Gasteiger partial charge in [0, 0.05) is 0 Å². The Labute approximate surface area is 179 Å². The maximum absolute atomic E-state index is 10.2. The van der Waals surface area contributed by atoms with Crippen LogP contribution < -0.4 is 0 Å². The van der Waals surface area contributed by atoms with Crippen molar-refractivity contribution in [2.75, 3.05) is 0 Å². The Hall–Kier alpha value is -0.340. The largest absolute Gasteiger partial charge is 0.390 e. The lowest BCUT2D eigenvalue weighted by Crippen LogP contribution is -2.52. The lowest BCUT2D eigenvalue weighted by molar-refractivity contribution is -0.0908. The SMILES string of the molecule is C[C@H](CCCC(C)(C)O)[C@H]1CC[C@H]2[C@@H]3CCC4CC(O)C=C[C@]4(C)[C@H]3CC[C@]12C. The van der Waals surface area contributed by atoms with Crippen LogP contribution in [0.4, 0.5) is 0 Å². The second-order valence-electron chi connectivity index (χ2n) is 12.6. The molecule has 3 saturated carbocycles. The van der Waals surface area contributed by atoms with E-state index >= 15 is 0 Å². The van der Waals surface area contributed by atoms with Crippen LogP contribution in [0.3, 0.4) is 0 Å². The van der Waals surface area contributed by atoms with Crippen LogP contribution in [0.25, 0.3) is 0 Å². The first-order valence-corrected chi connectivity index (χ1v) is 12.6. The molecule has 0 aliphatic heterocycles. The first-order chi connectivity index (χ1) is 13.5. The van der Waals surface area contributed by atoms with Crippen molar-refractivity contribution in [3.8, 4) is 0 Å². The third kappa shape index (κ3) is 3.86. The summed E-state index contributed by atoms with van der Waals surface area (Å²) < 4.78 is 0. The van der Waals surface area contributed by atoms with E-state index in [0.29, 0.717) is 16.7 Å². The summed E-state index contributed by atoms with van der Waals surface area (Å²) in [5.41, 5.74) is 0.325. The number of fused-ring (bicyclic) bond motifs is 5. The van der Waals surface area contributed by atoms with Crippen molar-refractivity contribution >= 4 is 0 Å². The van der Waals surface area contributed by atoms with Crippen LogP contribution >= 0.6 is 0 Å². The van der Waals surface area contributed by atoms with Crippen molar-refractivity contribution in [1.82, 2.24) is 0 Å². The summed E-state index contributed by atoms with van der Waals surface area (Å²) in [6, 6.07) is 0. The molecule has 0 heterocycles. The van der Waals surface area contributed by atoms with E-state index < -0.39 is 5.60 Å². The zero-order valence-electron chi connectivity index (χ0n) is 19.7. The number of aliphatic hydroxyl groups excluding tert-OH is 1. The van der Waals surface area contributed by atoms with Gasteiger partial charge in [-0.1, -0.05) is 45.8 Å². The molecule has 2 unspecified atom stereocenters. The summed E-state index contributed by atoms with van der Waals surface area (Å²) in [6.45, 7) is 11.6. The molecule has 29 heavy (non-hydrogen) atoms. The van der Waals surface area contributed by atoms with Gasteiger partial charge in [0.15, 0.2) is 0 Å². The molecule has 0 aromatic carbocycles. The zero-order valence-corrected chi connectivity index (χ0v) is 19.7. The molecule has 0 aromatic heterocycles. The van der Waals surface area contributed by atoms with Crippen molar-refractivity contribution in [2.45, 2.75) is 111 Å². The maximum atomic E-state index is 10.2. The van der Waals surface area contributed by atoms with Gasteiger partial charge in [0.05, 0.1) is 11.7 Å². The Morgan fingerprint density at radius 1 is 1.07 bits per heavy atom. The summed E-state index contributed by atoms with van der Waals surface area (Å²) in [5, 5.41) is 20.2. The second-order valence-corrected chi connectivity index (χ2v) is 12.6. The van der Waals surface area contributed by atoms with Crippen LogP contribution in [0.5, 0.6) is 0 Å². The standard InChI is InChI=1S/C27H46O2/c1-18(7-6-14-25(2,3)29)22-10-11-23-21-9-8-19-17-20(28)12-15-26(19,4)24(21)13-16-27(22,23)5/h12,15,18-24,28-29H,6-11,13-14,16-17H2,1-5H3/t18-,19?,20?,21+,22-,23+,24+,26+,27-/m1/s1. The third-order valence-corrected chi connectivity index (χ3v) is 10.4. The van der Waals surface area contributed by atoms with Gasteiger partial charge in [0.2, 0.25) is 0 Å². The third-order valence-electron chi connectivity index (χ3n) is 10.4. The molecule has 2 heteroatoms. The van der Waals surface area contributed by atoms with Gasteiger partial charge in [-0.05, 0) is 112 Å². The molecule has 4 rings (SSSR count). The fraction of sp³-hybridized carbons (Fsp3) is 0.926. The van der Waals surface area contributed by atoms with Crippen LogP contribution in [0.15, 0.2) is 12.2 Å². The molecule has 166 valence electrons. The molecule has 3 fully saturated rings. The highest BCUT2D eigenvalue weighted by Gasteiger charge is 2.59. The minimum absolute atomic E-state index is 0.209. The van der Waals surface area contributed by atoms with Crippen LogP contribution in [0.2, 0.25) is 0 Å². The number of hydrogen-bond acceptors (Lipinski definition) is 2. The van der Waals surface area contributed by atoms with Crippen LogP contribution in [-0.2, 0) is 0 Å². The smallest absolute Gasteiger partial charge is 0.0724 e. The van der Waals surface area contributed by atoms with Crippen LogP contribution in [-0.4, -0.2) is 21.9 Å². The Balaban J connectivity index is 1.47. The normalized spacial score (nSPS) is 48.0. The average Bonchev–Trinajstić information content (AvgIpc) is 2.98. The summed E-state index contributed by atoms with van der Waals surface area (Å²) in [5.74, 6) is 4.95. The maximum Gasteiger partial charge on any atom is 0.0724 e. The highest BCUT2D eigenvalue weighted by molar-refractivity contribution is 5.17. The fourth-order valence-electron chi connectivity index (χ4n) is 8.82. The zero-order chi connectivity index (χ0) is 21.0. The minimum Gasteiger partial charge on any atom is -0.390 e. The number of aliphatic hydroxyl groups is 2. The molecule has 2 N–H and O–H groups in total. The Kier molecular flexibility index (Phi) is 5.78. The number of hydrogen-bond donors (Lipinski definition) is 2. The van der Waals surface area contributed by atoms with E-state index in [1.807, 2.05) is 13.8 Å². The molecule has 2 nitrogen and oxygen atoms in total. The molecule has 4 aliphatic carbocycles. The molecule has 0 amide bonds.